The standard InChI is InChI=1S/C12H13ClN2O3/c1-2-5-17-7-11-14-12(18-15-11)9-6-8(16)3-4-10(9)13/h3-4,6,16H,2,5,7H2,1H3. The molecule has 0 aliphatic rings. The smallest absolute Gasteiger partial charge is 0.259 e. The van der Waals surface area contributed by atoms with Crippen molar-refractivity contribution in [1.29, 1.82) is 0 Å². The van der Waals surface area contributed by atoms with Crippen LogP contribution in [0.1, 0.15) is 19.2 Å². The summed E-state index contributed by atoms with van der Waals surface area (Å²) in [6.45, 7) is 2.97. The number of hydrogen-bond donors (Lipinski definition) is 1. The molecule has 0 saturated carbocycles. The van der Waals surface area contributed by atoms with Crippen LogP contribution >= 0.6 is 11.6 Å². The van der Waals surface area contributed by atoms with Crippen LogP contribution in [0.3, 0.4) is 0 Å². The Morgan fingerprint density at radius 2 is 2.28 bits per heavy atom. The molecule has 0 atom stereocenters. The average molecular weight is 269 g/mol. The molecule has 0 spiro atoms. The van der Waals surface area contributed by atoms with Crippen molar-refractivity contribution in [2.75, 3.05) is 6.61 Å². The predicted octanol–water partition coefficient (Wildman–Crippen LogP) is 3.02. The lowest BCUT2D eigenvalue weighted by atomic mass is 10.2. The van der Waals surface area contributed by atoms with Gasteiger partial charge < -0.3 is 14.4 Å². The number of benzene rings is 1. The van der Waals surface area contributed by atoms with Crippen LogP contribution in [0.2, 0.25) is 5.02 Å². The van der Waals surface area contributed by atoms with Crippen LogP contribution in [0.5, 0.6) is 5.75 Å². The molecule has 0 amide bonds. The Hall–Kier alpha value is -1.59. The minimum absolute atomic E-state index is 0.0939. The van der Waals surface area contributed by atoms with Crippen LogP contribution in [-0.2, 0) is 11.3 Å². The topological polar surface area (TPSA) is 68.4 Å². The maximum atomic E-state index is 9.41. The zero-order valence-corrected chi connectivity index (χ0v) is 10.6. The van der Waals surface area contributed by atoms with Crippen LogP contribution in [0.15, 0.2) is 22.7 Å². The highest BCUT2D eigenvalue weighted by atomic mass is 35.5. The van der Waals surface area contributed by atoms with Crippen LogP contribution in [-0.4, -0.2) is 21.9 Å². The average Bonchev–Trinajstić information content (AvgIpc) is 2.81. The largest absolute Gasteiger partial charge is 0.508 e. The molecule has 18 heavy (non-hydrogen) atoms. The number of ether oxygens (including phenoxy) is 1. The Morgan fingerprint density at radius 3 is 3.06 bits per heavy atom. The number of aromatic nitrogens is 2. The van der Waals surface area contributed by atoms with Gasteiger partial charge in [-0.15, -0.1) is 0 Å². The number of rotatable bonds is 5. The number of phenols is 1. The Morgan fingerprint density at radius 1 is 1.44 bits per heavy atom. The molecule has 6 heteroatoms. The monoisotopic (exact) mass is 268 g/mol. The summed E-state index contributed by atoms with van der Waals surface area (Å²) < 4.78 is 10.4. The summed E-state index contributed by atoms with van der Waals surface area (Å²) in [6, 6.07) is 4.55. The van der Waals surface area contributed by atoms with Crippen molar-refractivity contribution in [3.05, 3.63) is 29.0 Å². The second kappa shape index (κ2) is 5.84. The lowest BCUT2D eigenvalue weighted by molar-refractivity contribution is 0.114. The van der Waals surface area contributed by atoms with E-state index in [-0.39, 0.29) is 11.6 Å². The second-order valence-corrected chi connectivity index (χ2v) is 4.14. The van der Waals surface area contributed by atoms with Gasteiger partial charge in [-0.25, -0.2) is 0 Å². The molecule has 2 aromatic rings. The Balaban J connectivity index is 2.16. The molecule has 5 nitrogen and oxygen atoms in total. The highest BCUT2D eigenvalue weighted by molar-refractivity contribution is 6.33. The molecule has 0 bridgehead atoms. The maximum Gasteiger partial charge on any atom is 0.259 e. The number of phenolic OH excluding ortho intramolecular Hbond substituents is 1. The molecule has 0 unspecified atom stereocenters. The first-order valence-electron chi connectivity index (χ1n) is 5.60. The van der Waals surface area contributed by atoms with Crippen LogP contribution in [0, 0.1) is 0 Å². The predicted molar refractivity (Wildman–Crippen MR) is 66.4 cm³/mol. The van der Waals surface area contributed by atoms with Gasteiger partial charge in [-0.1, -0.05) is 23.7 Å². The van der Waals surface area contributed by atoms with Crippen molar-refractivity contribution < 1.29 is 14.4 Å². The molecule has 0 saturated heterocycles. The SMILES string of the molecule is CCCOCc1noc(-c2cc(O)ccc2Cl)n1. The lowest BCUT2D eigenvalue weighted by Gasteiger charge is -1.99. The van der Waals surface area contributed by atoms with E-state index in [1.165, 1.54) is 12.1 Å². The summed E-state index contributed by atoms with van der Waals surface area (Å²) in [4.78, 5) is 4.16. The molecular formula is C12H13ClN2O3. The maximum absolute atomic E-state index is 9.41. The third kappa shape index (κ3) is 3.00. The van der Waals surface area contributed by atoms with Crippen molar-refractivity contribution in [2.45, 2.75) is 20.0 Å². The first-order valence-corrected chi connectivity index (χ1v) is 5.97. The summed E-state index contributed by atoms with van der Waals surface area (Å²) in [7, 11) is 0. The van der Waals surface area contributed by atoms with E-state index in [0.29, 0.717) is 29.6 Å². The highest BCUT2D eigenvalue weighted by Crippen LogP contribution is 2.29. The van der Waals surface area contributed by atoms with Crippen LogP contribution in [0.4, 0.5) is 0 Å². The molecule has 1 aromatic carbocycles. The van der Waals surface area contributed by atoms with Gasteiger partial charge in [-0.05, 0) is 24.6 Å². The van der Waals surface area contributed by atoms with Crippen molar-refractivity contribution in [2.24, 2.45) is 0 Å². The Labute approximate surface area is 109 Å². The summed E-state index contributed by atoms with van der Waals surface area (Å²) >= 11 is 6.00. The number of hydrogen-bond acceptors (Lipinski definition) is 5. The van der Waals surface area contributed by atoms with E-state index in [0.717, 1.165) is 6.42 Å². The Kier molecular flexibility index (Phi) is 4.17. The van der Waals surface area contributed by atoms with Crippen LogP contribution < -0.4 is 0 Å². The summed E-state index contributed by atoms with van der Waals surface area (Å²) in [5.41, 5.74) is 0.505. The fraction of sp³-hybridized carbons (Fsp3) is 0.333. The minimum atomic E-state index is 0.0939. The van der Waals surface area contributed by atoms with Gasteiger partial charge in [-0.3, -0.25) is 0 Å². The van der Waals surface area contributed by atoms with E-state index >= 15 is 0 Å². The van der Waals surface area contributed by atoms with Gasteiger partial charge >= 0.3 is 0 Å². The van der Waals surface area contributed by atoms with Crippen molar-refractivity contribution in [3.63, 3.8) is 0 Å². The van der Waals surface area contributed by atoms with Crippen LogP contribution in [0.25, 0.3) is 11.5 Å². The third-order valence-electron chi connectivity index (χ3n) is 2.23. The fourth-order valence-corrected chi connectivity index (χ4v) is 1.61. The number of nitrogens with zero attached hydrogens (tertiary/aromatic N) is 2. The van der Waals surface area contributed by atoms with E-state index in [2.05, 4.69) is 10.1 Å². The molecule has 0 aliphatic carbocycles. The molecule has 1 N–H and O–H groups in total. The zero-order valence-electron chi connectivity index (χ0n) is 9.89. The molecule has 0 fully saturated rings. The highest BCUT2D eigenvalue weighted by Gasteiger charge is 2.13. The van der Waals surface area contributed by atoms with E-state index in [1.54, 1.807) is 6.07 Å². The first-order chi connectivity index (χ1) is 8.70. The third-order valence-corrected chi connectivity index (χ3v) is 2.56. The number of halogens is 1. The van der Waals surface area contributed by atoms with Gasteiger partial charge in [0.15, 0.2) is 5.82 Å². The molecule has 96 valence electrons. The van der Waals surface area contributed by atoms with Gasteiger partial charge in [-0.2, -0.15) is 4.98 Å². The van der Waals surface area contributed by atoms with Gasteiger partial charge in [0.2, 0.25) is 0 Å². The summed E-state index contributed by atoms with van der Waals surface area (Å²) in [5.74, 6) is 0.820. The Bertz CT molecular complexity index is 528. The minimum Gasteiger partial charge on any atom is -0.508 e. The van der Waals surface area contributed by atoms with E-state index in [9.17, 15) is 5.11 Å². The van der Waals surface area contributed by atoms with Gasteiger partial charge in [0.1, 0.15) is 12.4 Å². The normalized spacial score (nSPS) is 10.8. The lowest BCUT2D eigenvalue weighted by Crippen LogP contribution is -1.95. The van der Waals surface area contributed by atoms with Crippen molar-refractivity contribution >= 4 is 11.6 Å². The molecular weight excluding hydrogens is 256 g/mol. The number of aromatic hydroxyl groups is 1. The second-order valence-electron chi connectivity index (χ2n) is 3.73. The summed E-state index contributed by atoms with van der Waals surface area (Å²) in [5, 5.41) is 13.6. The molecule has 2 rings (SSSR count). The van der Waals surface area contributed by atoms with Gasteiger partial charge in [0.05, 0.1) is 10.6 Å². The van der Waals surface area contributed by atoms with E-state index in [1.807, 2.05) is 6.92 Å². The molecule has 1 aromatic heterocycles. The van der Waals surface area contributed by atoms with Gasteiger partial charge in [0, 0.05) is 6.61 Å². The quantitative estimate of drug-likeness (QED) is 0.844. The summed E-state index contributed by atoms with van der Waals surface area (Å²) in [6.07, 6.45) is 0.934. The van der Waals surface area contributed by atoms with Crippen molar-refractivity contribution in [3.8, 4) is 17.2 Å². The van der Waals surface area contributed by atoms with E-state index in [4.69, 9.17) is 20.9 Å². The van der Waals surface area contributed by atoms with Gasteiger partial charge in [0.25, 0.3) is 5.89 Å². The molecule has 1 heterocycles. The molecule has 0 radical (unpaired) electrons. The zero-order chi connectivity index (χ0) is 13.0. The molecule has 0 aliphatic heterocycles. The van der Waals surface area contributed by atoms with Crippen molar-refractivity contribution in [1.82, 2.24) is 10.1 Å². The first kappa shape index (κ1) is 12.9. The van der Waals surface area contributed by atoms with E-state index < -0.39 is 0 Å². The fourth-order valence-electron chi connectivity index (χ4n) is 1.41.